The average Bonchev–Trinajstić information content (AvgIpc) is 2.22. The van der Waals surface area contributed by atoms with Gasteiger partial charge >= 0.3 is 0 Å². The van der Waals surface area contributed by atoms with E-state index in [1.165, 1.54) is 38.8 Å². The summed E-state index contributed by atoms with van der Waals surface area (Å²) < 4.78 is 0. The first-order chi connectivity index (χ1) is 8.34. The molecule has 0 bridgehead atoms. The van der Waals surface area contributed by atoms with E-state index in [0.717, 1.165) is 12.5 Å². The summed E-state index contributed by atoms with van der Waals surface area (Å²) in [6, 6.07) is 0.692. The number of hydrogen-bond donors (Lipinski definition) is 1. The van der Waals surface area contributed by atoms with Crippen LogP contribution in [0.2, 0.25) is 0 Å². The van der Waals surface area contributed by atoms with Crippen molar-refractivity contribution < 1.29 is 0 Å². The van der Waals surface area contributed by atoms with Crippen LogP contribution in [0.1, 0.15) is 60.3 Å². The van der Waals surface area contributed by atoms with Crippen molar-refractivity contribution >= 4 is 0 Å². The molecule has 2 unspecified atom stereocenters. The predicted molar refractivity (Wildman–Crippen MR) is 78.9 cm³/mol. The summed E-state index contributed by atoms with van der Waals surface area (Å²) in [6.07, 6.45) is 5.61. The lowest BCUT2D eigenvalue weighted by atomic mass is 9.79. The summed E-state index contributed by atoms with van der Waals surface area (Å²) in [7, 11) is 0. The Morgan fingerprint density at radius 3 is 2.39 bits per heavy atom. The van der Waals surface area contributed by atoms with Crippen LogP contribution in [-0.2, 0) is 0 Å². The van der Waals surface area contributed by atoms with Gasteiger partial charge in [0.05, 0.1) is 0 Å². The molecule has 1 N–H and O–H groups in total. The van der Waals surface area contributed by atoms with Gasteiger partial charge in [-0.2, -0.15) is 0 Å². The van der Waals surface area contributed by atoms with Crippen molar-refractivity contribution in [3.8, 4) is 0 Å². The molecule has 0 spiro atoms. The molecule has 106 valence electrons. The number of nitrogens with one attached hydrogen (secondary N) is 1. The Hall–Kier alpha value is -0.0800. The Morgan fingerprint density at radius 1 is 1.28 bits per heavy atom. The number of piperazine rings is 1. The van der Waals surface area contributed by atoms with Gasteiger partial charge in [0.2, 0.25) is 0 Å². The molecule has 2 nitrogen and oxygen atoms in total. The quantitative estimate of drug-likeness (QED) is 0.829. The Morgan fingerprint density at radius 2 is 1.94 bits per heavy atom. The van der Waals surface area contributed by atoms with E-state index in [0.29, 0.717) is 17.0 Å². The number of rotatable bonds is 3. The molecule has 1 heterocycles. The monoisotopic (exact) mass is 252 g/mol. The second-order valence-electron chi connectivity index (χ2n) is 7.90. The molecule has 0 amide bonds. The van der Waals surface area contributed by atoms with Gasteiger partial charge in [0, 0.05) is 31.2 Å². The summed E-state index contributed by atoms with van der Waals surface area (Å²) in [5.74, 6) is 0.981. The lowest BCUT2D eigenvalue weighted by Gasteiger charge is -2.52. The molecule has 0 aromatic carbocycles. The highest BCUT2D eigenvalue weighted by molar-refractivity contribution is 4.99. The fourth-order valence-corrected chi connectivity index (χ4v) is 3.38. The lowest BCUT2D eigenvalue weighted by Crippen LogP contribution is -2.66. The maximum atomic E-state index is 3.80. The molecule has 0 aromatic heterocycles. The number of nitrogens with zero attached hydrogens (tertiary/aromatic N) is 1. The summed E-state index contributed by atoms with van der Waals surface area (Å²) in [4.78, 5) is 2.80. The van der Waals surface area contributed by atoms with Crippen molar-refractivity contribution in [2.45, 2.75) is 71.9 Å². The second kappa shape index (κ2) is 5.13. The first kappa shape index (κ1) is 14.3. The van der Waals surface area contributed by atoms with Crippen LogP contribution < -0.4 is 5.32 Å². The fraction of sp³-hybridized carbons (Fsp3) is 1.00. The number of hydrogen-bond acceptors (Lipinski definition) is 2. The van der Waals surface area contributed by atoms with E-state index in [1.807, 2.05) is 0 Å². The smallest absolute Gasteiger partial charge is 0.0278 e. The minimum absolute atomic E-state index is 0.325. The zero-order valence-electron chi connectivity index (χ0n) is 13.1. The normalized spacial score (nSPS) is 35.5. The third-order valence-electron chi connectivity index (χ3n) is 5.21. The van der Waals surface area contributed by atoms with Crippen molar-refractivity contribution in [2.75, 3.05) is 19.6 Å². The van der Waals surface area contributed by atoms with E-state index in [9.17, 15) is 0 Å². The molecule has 2 fully saturated rings. The first-order valence-corrected chi connectivity index (χ1v) is 7.83. The van der Waals surface area contributed by atoms with E-state index < -0.39 is 0 Å². The summed E-state index contributed by atoms with van der Waals surface area (Å²) in [5.41, 5.74) is 0.706. The molecule has 0 radical (unpaired) electrons. The average molecular weight is 252 g/mol. The molecule has 1 saturated carbocycles. The van der Waals surface area contributed by atoms with E-state index in [4.69, 9.17) is 0 Å². The molecule has 2 heteroatoms. The van der Waals surface area contributed by atoms with Crippen molar-refractivity contribution in [3.05, 3.63) is 0 Å². The minimum atomic E-state index is 0.325. The second-order valence-corrected chi connectivity index (χ2v) is 7.90. The molecule has 1 aliphatic carbocycles. The Balaban J connectivity index is 2.05. The van der Waals surface area contributed by atoms with Gasteiger partial charge in [0.25, 0.3) is 0 Å². The largest absolute Gasteiger partial charge is 0.309 e. The van der Waals surface area contributed by atoms with Crippen LogP contribution in [0.25, 0.3) is 0 Å². The fourth-order valence-electron chi connectivity index (χ4n) is 3.38. The maximum absolute atomic E-state index is 3.80. The Kier molecular flexibility index (Phi) is 4.08. The Bertz CT molecular complexity index is 277. The van der Waals surface area contributed by atoms with Crippen molar-refractivity contribution in [2.24, 2.45) is 11.3 Å². The summed E-state index contributed by atoms with van der Waals surface area (Å²) >= 11 is 0. The van der Waals surface area contributed by atoms with Crippen LogP contribution in [0, 0.1) is 11.3 Å². The van der Waals surface area contributed by atoms with Crippen LogP contribution in [0.15, 0.2) is 0 Å². The van der Waals surface area contributed by atoms with Gasteiger partial charge in [0.1, 0.15) is 0 Å². The van der Waals surface area contributed by atoms with Crippen molar-refractivity contribution in [1.29, 1.82) is 0 Å². The lowest BCUT2D eigenvalue weighted by molar-refractivity contribution is 0.00665. The molecule has 1 saturated heterocycles. The highest BCUT2D eigenvalue weighted by Crippen LogP contribution is 2.34. The van der Waals surface area contributed by atoms with Gasteiger partial charge in [0.15, 0.2) is 0 Å². The van der Waals surface area contributed by atoms with Gasteiger partial charge in [-0.05, 0) is 37.5 Å². The molecule has 18 heavy (non-hydrogen) atoms. The SMILES string of the molecule is CCC1(C)CN(CC2CCC2)C(C(C)(C)C)CN1. The van der Waals surface area contributed by atoms with Gasteiger partial charge in [-0.3, -0.25) is 4.90 Å². The van der Waals surface area contributed by atoms with Crippen LogP contribution in [0.3, 0.4) is 0 Å². The van der Waals surface area contributed by atoms with Gasteiger partial charge in [-0.15, -0.1) is 0 Å². The first-order valence-electron chi connectivity index (χ1n) is 7.83. The van der Waals surface area contributed by atoms with E-state index in [1.54, 1.807) is 0 Å². The predicted octanol–water partition coefficient (Wildman–Crippen LogP) is 3.28. The third-order valence-corrected chi connectivity index (χ3v) is 5.21. The topological polar surface area (TPSA) is 15.3 Å². The zero-order valence-corrected chi connectivity index (χ0v) is 13.1. The van der Waals surface area contributed by atoms with E-state index in [2.05, 4.69) is 44.8 Å². The molecule has 1 aliphatic heterocycles. The highest BCUT2D eigenvalue weighted by Gasteiger charge is 2.40. The van der Waals surface area contributed by atoms with Crippen molar-refractivity contribution in [3.63, 3.8) is 0 Å². The van der Waals surface area contributed by atoms with Crippen LogP contribution >= 0.6 is 0 Å². The molecule has 2 aliphatic rings. The summed E-state index contributed by atoms with van der Waals surface area (Å²) in [5, 5.41) is 3.80. The standard InChI is InChI=1S/C16H32N2/c1-6-16(5)12-18(11-13-8-7-9-13)14(10-17-16)15(2,3)4/h13-14,17H,6-12H2,1-5H3. The Labute approximate surface area is 114 Å². The molecule has 2 atom stereocenters. The highest BCUT2D eigenvalue weighted by atomic mass is 15.3. The van der Waals surface area contributed by atoms with Gasteiger partial charge in [-0.25, -0.2) is 0 Å². The van der Waals surface area contributed by atoms with Gasteiger partial charge in [-0.1, -0.05) is 34.1 Å². The van der Waals surface area contributed by atoms with Crippen LogP contribution in [0.5, 0.6) is 0 Å². The van der Waals surface area contributed by atoms with Crippen molar-refractivity contribution in [1.82, 2.24) is 10.2 Å². The van der Waals surface area contributed by atoms with Crippen LogP contribution in [-0.4, -0.2) is 36.1 Å². The van der Waals surface area contributed by atoms with E-state index in [-0.39, 0.29) is 0 Å². The van der Waals surface area contributed by atoms with Gasteiger partial charge < -0.3 is 5.32 Å². The maximum Gasteiger partial charge on any atom is 0.0278 e. The zero-order chi connectivity index (χ0) is 13.4. The summed E-state index contributed by atoms with van der Waals surface area (Å²) in [6.45, 7) is 15.6. The molecular weight excluding hydrogens is 220 g/mol. The molecular formula is C16H32N2. The third kappa shape index (κ3) is 3.08. The van der Waals surface area contributed by atoms with E-state index >= 15 is 0 Å². The molecule has 2 rings (SSSR count). The minimum Gasteiger partial charge on any atom is -0.309 e. The molecule has 0 aromatic rings. The van der Waals surface area contributed by atoms with Crippen LogP contribution in [0.4, 0.5) is 0 Å².